The van der Waals surface area contributed by atoms with Crippen LogP contribution in [0.5, 0.6) is 5.75 Å². The minimum Gasteiger partial charge on any atom is -0.497 e. The largest absolute Gasteiger partial charge is 0.497 e. The Morgan fingerprint density at radius 3 is 2.68 bits per heavy atom. The summed E-state index contributed by atoms with van der Waals surface area (Å²) >= 11 is 0. The number of nitrogens with zero attached hydrogens (tertiary/aromatic N) is 3. The number of nitrogens with one attached hydrogen (secondary N) is 2. The summed E-state index contributed by atoms with van der Waals surface area (Å²) in [6.45, 7) is 0.901. The number of para-hydroxylation sites is 1. The van der Waals surface area contributed by atoms with Gasteiger partial charge in [-0.15, -0.1) is 0 Å². The second kappa shape index (κ2) is 6.98. The maximum Gasteiger partial charge on any atom is 0.118 e. The topological polar surface area (TPSA) is 67.8 Å². The second-order valence-electron chi connectivity index (χ2n) is 6.85. The average molecular weight is 371 g/mol. The van der Waals surface area contributed by atoms with Gasteiger partial charge >= 0.3 is 0 Å². The zero-order chi connectivity index (χ0) is 18.9. The Hall–Kier alpha value is -3.38. The quantitative estimate of drug-likeness (QED) is 0.576. The number of ether oxygens (including phenoxy) is 1. The Morgan fingerprint density at radius 1 is 1.07 bits per heavy atom. The number of hydrogen-bond donors (Lipinski definition) is 2. The van der Waals surface area contributed by atoms with Crippen LogP contribution >= 0.6 is 0 Å². The lowest BCUT2D eigenvalue weighted by Crippen LogP contribution is -2.30. The summed E-state index contributed by atoms with van der Waals surface area (Å²) in [7, 11) is 1.68. The summed E-state index contributed by atoms with van der Waals surface area (Å²) in [4.78, 5) is 7.86. The lowest BCUT2D eigenvalue weighted by Gasteiger charge is -2.23. The molecule has 28 heavy (non-hydrogen) atoms. The fourth-order valence-electron chi connectivity index (χ4n) is 3.76. The highest BCUT2D eigenvalue weighted by Crippen LogP contribution is 2.34. The maximum absolute atomic E-state index is 5.31. The number of aromatic nitrogens is 4. The van der Waals surface area contributed by atoms with E-state index in [1.807, 2.05) is 47.1 Å². The van der Waals surface area contributed by atoms with Gasteiger partial charge in [0.2, 0.25) is 0 Å². The van der Waals surface area contributed by atoms with Crippen LogP contribution in [0.25, 0.3) is 16.9 Å². The molecule has 1 aliphatic heterocycles. The molecule has 5 rings (SSSR count). The molecule has 0 radical (unpaired) electrons. The third-order valence-corrected chi connectivity index (χ3v) is 5.19. The molecule has 2 N–H and O–H groups in total. The lowest BCUT2D eigenvalue weighted by molar-refractivity contribution is 0.415. The van der Waals surface area contributed by atoms with Crippen LogP contribution in [0.2, 0.25) is 0 Å². The molecular formula is C22H21N5O. The van der Waals surface area contributed by atoms with E-state index in [0.29, 0.717) is 0 Å². The maximum atomic E-state index is 5.31. The van der Waals surface area contributed by atoms with E-state index in [1.54, 1.807) is 13.4 Å². The lowest BCUT2D eigenvalue weighted by atomic mass is 9.96. The van der Waals surface area contributed by atoms with Crippen LogP contribution in [0.15, 0.2) is 67.1 Å². The molecule has 0 unspecified atom stereocenters. The van der Waals surface area contributed by atoms with Crippen molar-refractivity contribution in [1.82, 2.24) is 25.1 Å². The van der Waals surface area contributed by atoms with Gasteiger partial charge in [0.15, 0.2) is 0 Å². The van der Waals surface area contributed by atoms with Crippen LogP contribution in [-0.2, 0) is 6.42 Å². The molecule has 0 saturated heterocycles. The van der Waals surface area contributed by atoms with E-state index in [-0.39, 0.29) is 6.04 Å². The van der Waals surface area contributed by atoms with E-state index in [1.165, 1.54) is 5.69 Å². The predicted octanol–water partition coefficient (Wildman–Crippen LogP) is 3.51. The van der Waals surface area contributed by atoms with Crippen molar-refractivity contribution in [3.05, 3.63) is 84.1 Å². The molecule has 4 aromatic rings. The van der Waals surface area contributed by atoms with E-state index < -0.39 is 0 Å². The molecule has 3 heterocycles. The van der Waals surface area contributed by atoms with Crippen LogP contribution in [0, 0.1) is 0 Å². The van der Waals surface area contributed by atoms with Gasteiger partial charge in [-0.1, -0.05) is 18.2 Å². The molecule has 140 valence electrons. The standard InChI is InChI=1S/C22H21N5O/c1-28-17-9-7-15(8-10-17)20-18(13-27(26-20)16-5-3-2-4-6-16)21-22-19(11-12-23-21)24-14-25-22/h2-10,13-14,21,23H,11-12H2,1H3,(H,24,25)/t21-/m0/s1. The highest BCUT2D eigenvalue weighted by atomic mass is 16.5. The number of H-pyrrole nitrogens is 1. The van der Waals surface area contributed by atoms with Crippen LogP contribution in [0.3, 0.4) is 0 Å². The van der Waals surface area contributed by atoms with Gasteiger partial charge in [-0.3, -0.25) is 0 Å². The molecule has 6 nitrogen and oxygen atoms in total. The molecule has 6 heteroatoms. The highest BCUT2D eigenvalue weighted by Gasteiger charge is 2.28. The Kier molecular flexibility index (Phi) is 4.18. The van der Waals surface area contributed by atoms with Crippen molar-refractivity contribution in [1.29, 1.82) is 0 Å². The third-order valence-electron chi connectivity index (χ3n) is 5.19. The molecule has 2 aromatic heterocycles. The van der Waals surface area contributed by atoms with E-state index >= 15 is 0 Å². The molecule has 0 aliphatic carbocycles. The summed E-state index contributed by atoms with van der Waals surface area (Å²) in [5.41, 5.74) is 6.38. The van der Waals surface area contributed by atoms with E-state index in [4.69, 9.17) is 9.84 Å². The number of aromatic amines is 1. The fraction of sp³-hybridized carbons (Fsp3) is 0.182. The van der Waals surface area contributed by atoms with Crippen LogP contribution in [0.4, 0.5) is 0 Å². The summed E-state index contributed by atoms with van der Waals surface area (Å²) in [6, 6.07) is 18.2. The van der Waals surface area contributed by atoms with Gasteiger partial charge in [-0.25, -0.2) is 9.67 Å². The van der Waals surface area contributed by atoms with Crippen molar-refractivity contribution in [3.63, 3.8) is 0 Å². The zero-order valence-electron chi connectivity index (χ0n) is 15.6. The van der Waals surface area contributed by atoms with Crippen molar-refractivity contribution in [2.24, 2.45) is 0 Å². The first-order valence-electron chi connectivity index (χ1n) is 9.38. The average Bonchev–Trinajstić information content (AvgIpc) is 3.42. The van der Waals surface area contributed by atoms with E-state index in [2.05, 4.69) is 33.6 Å². The summed E-state index contributed by atoms with van der Waals surface area (Å²) in [5, 5.41) is 8.55. The Morgan fingerprint density at radius 2 is 1.89 bits per heavy atom. The minimum absolute atomic E-state index is 0.00423. The van der Waals surface area contributed by atoms with Gasteiger partial charge in [0.05, 0.1) is 36.6 Å². The third kappa shape index (κ3) is 2.88. The van der Waals surface area contributed by atoms with Crippen LogP contribution in [0.1, 0.15) is 23.0 Å². The summed E-state index contributed by atoms with van der Waals surface area (Å²) in [6.07, 6.45) is 4.84. The number of fused-ring (bicyclic) bond motifs is 1. The zero-order valence-corrected chi connectivity index (χ0v) is 15.6. The molecule has 0 saturated carbocycles. The van der Waals surface area contributed by atoms with Gasteiger partial charge in [0.1, 0.15) is 5.75 Å². The Balaban J connectivity index is 1.66. The molecule has 0 fully saturated rings. The molecule has 0 amide bonds. The number of hydrogen-bond acceptors (Lipinski definition) is 4. The number of benzene rings is 2. The Labute approximate surface area is 163 Å². The van der Waals surface area contributed by atoms with Gasteiger partial charge in [0.25, 0.3) is 0 Å². The predicted molar refractivity (Wildman–Crippen MR) is 108 cm³/mol. The Bertz CT molecular complexity index is 1080. The second-order valence-corrected chi connectivity index (χ2v) is 6.85. The molecule has 2 aromatic carbocycles. The van der Waals surface area contributed by atoms with Gasteiger partial charge in [-0.05, 0) is 36.4 Å². The van der Waals surface area contributed by atoms with E-state index in [0.717, 1.165) is 46.9 Å². The smallest absolute Gasteiger partial charge is 0.118 e. The minimum atomic E-state index is 0.00423. The van der Waals surface area contributed by atoms with Crippen molar-refractivity contribution >= 4 is 0 Å². The molecule has 0 bridgehead atoms. The van der Waals surface area contributed by atoms with Crippen molar-refractivity contribution in [2.45, 2.75) is 12.5 Å². The molecule has 1 atom stereocenters. The fourth-order valence-corrected chi connectivity index (χ4v) is 3.76. The molecule has 0 spiro atoms. The first kappa shape index (κ1) is 16.8. The van der Waals surface area contributed by atoms with Crippen molar-refractivity contribution in [2.75, 3.05) is 13.7 Å². The summed E-state index contributed by atoms with van der Waals surface area (Å²) in [5.74, 6) is 0.832. The van der Waals surface area contributed by atoms with Crippen LogP contribution in [-0.4, -0.2) is 33.4 Å². The SMILES string of the molecule is COc1ccc(-c2nn(-c3ccccc3)cc2[C@@H]2NCCc3[nH]cnc32)cc1. The summed E-state index contributed by atoms with van der Waals surface area (Å²) < 4.78 is 7.25. The number of rotatable bonds is 4. The first-order valence-corrected chi connectivity index (χ1v) is 9.38. The van der Waals surface area contributed by atoms with Crippen molar-refractivity contribution in [3.8, 4) is 22.7 Å². The van der Waals surface area contributed by atoms with E-state index in [9.17, 15) is 0 Å². The normalized spacial score (nSPS) is 16.0. The van der Waals surface area contributed by atoms with Crippen LogP contribution < -0.4 is 10.1 Å². The monoisotopic (exact) mass is 371 g/mol. The van der Waals surface area contributed by atoms with Gasteiger partial charge in [-0.2, -0.15) is 5.10 Å². The van der Waals surface area contributed by atoms with Gasteiger partial charge < -0.3 is 15.0 Å². The number of imidazole rings is 1. The highest BCUT2D eigenvalue weighted by molar-refractivity contribution is 5.66. The molecule has 1 aliphatic rings. The number of methoxy groups -OCH3 is 1. The van der Waals surface area contributed by atoms with Gasteiger partial charge in [0, 0.05) is 36.0 Å². The molecular weight excluding hydrogens is 350 g/mol. The van der Waals surface area contributed by atoms with Crippen molar-refractivity contribution < 1.29 is 4.74 Å². The first-order chi connectivity index (χ1) is 13.8.